The van der Waals surface area contributed by atoms with E-state index in [1.54, 1.807) is 12.1 Å². The standard InChI is InChI=1S/C14H23FN4O/c1-3-20-10-4-9-17-14(18-16)19(2)11-12-5-7-13(15)8-6-12/h5-8H,3-4,9-11,16H2,1-2H3,(H,17,18). The van der Waals surface area contributed by atoms with Crippen molar-refractivity contribution < 1.29 is 9.13 Å². The van der Waals surface area contributed by atoms with Crippen molar-refractivity contribution in [1.82, 2.24) is 10.3 Å². The molecule has 1 rings (SSSR count). The van der Waals surface area contributed by atoms with E-state index in [-0.39, 0.29) is 5.82 Å². The van der Waals surface area contributed by atoms with Crippen LogP contribution in [-0.4, -0.2) is 37.7 Å². The van der Waals surface area contributed by atoms with Crippen molar-refractivity contribution in [3.8, 4) is 0 Å². The maximum atomic E-state index is 12.8. The van der Waals surface area contributed by atoms with Gasteiger partial charge >= 0.3 is 0 Å². The van der Waals surface area contributed by atoms with Gasteiger partial charge in [-0.2, -0.15) is 0 Å². The average Bonchev–Trinajstić information content (AvgIpc) is 2.45. The molecule has 0 spiro atoms. The smallest absolute Gasteiger partial charge is 0.208 e. The number of guanidine groups is 1. The van der Waals surface area contributed by atoms with Crippen molar-refractivity contribution in [1.29, 1.82) is 0 Å². The van der Waals surface area contributed by atoms with Crippen molar-refractivity contribution in [2.45, 2.75) is 19.9 Å². The number of benzene rings is 1. The maximum Gasteiger partial charge on any atom is 0.208 e. The maximum absolute atomic E-state index is 12.8. The molecular formula is C14H23FN4O. The molecule has 0 saturated heterocycles. The Hall–Kier alpha value is -1.66. The molecule has 0 amide bonds. The second kappa shape index (κ2) is 9.28. The van der Waals surface area contributed by atoms with E-state index < -0.39 is 0 Å². The minimum atomic E-state index is -0.238. The van der Waals surface area contributed by atoms with E-state index in [9.17, 15) is 4.39 Å². The quantitative estimate of drug-likeness (QED) is 0.262. The average molecular weight is 282 g/mol. The summed E-state index contributed by atoms with van der Waals surface area (Å²) in [7, 11) is 1.88. The number of hydrogen-bond acceptors (Lipinski definition) is 3. The van der Waals surface area contributed by atoms with E-state index in [0.29, 0.717) is 25.7 Å². The molecule has 0 atom stereocenters. The summed E-state index contributed by atoms with van der Waals surface area (Å²) in [6.07, 6.45) is 0.851. The molecule has 6 heteroatoms. The van der Waals surface area contributed by atoms with E-state index in [1.165, 1.54) is 12.1 Å². The number of aliphatic imine (C=N–C) groups is 1. The highest BCUT2D eigenvalue weighted by atomic mass is 19.1. The van der Waals surface area contributed by atoms with E-state index in [4.69, 9.17) is 10.6 Å². The van der Waals surface area contributed by atoms with Gasteiger partial charge in [0.1, 0.15) is 5.82 Å². The lowest BCUT2D eigenvalue weighted by Crippen LogP contribution is -2.42. The molecule has 0 aromatic heterocycles. The van der Waals surface area contributed by atoms with Crippen molar-refractivity contribution in [2.24, 2.45) is 10.8 Å². The van der Waals surface area contributed by atoms with Gasteiger partial charge in [0.15, 0.2) is 0 Å². The van der Waals surface area contributed by atoms with Gasteiger partial charge in [-0.3, -0.25) is 10.4 Å². The minimum Gasteiger partial charge on any atom is -0.382 e. The van der Waals surface area contributed by atoms with Crippen LogP contribution in [0.4, 0.5) is 4.39 Å². The molecule has 1 aromatic rings. The minimum absolute atomic E-state index is 0.238. The van der Waals surface area contributed by atoms with Crippen molar-refractivity contribution in [2.75, 3.05) is 26.8 Å². The highest BCUT2D eigenvalue weighted by molar-refractivity contribution is 5.79. The summed E-state index contributed by atoms with van der Waals surface area (Å²) >= 11 is 0. The van der Waals surface area contributed by atoms with Crippen LogP contribution in [0, 0.1) is 5.82 Å². The Labute approximate surface area is 119 Å². The summed E-state index contributed by atoms with van der Waals surface area (Å²) < 4.78 is 18.1. The second-order valence-corrected chi connectivity index (χ2v) is 4.38. The number of rotatable bonds is 7. The molecule has 0 bridgehead atoms. The lowest BCUT2D eigenvalue weighted by atomic mass is 10.2. The van der Waals surface area contributed by atoms with Crippen LogP contribution in [0.25, 0.3) is 0 Å². The lowest BCUT2D eigenvalue weighted by Gasteiger charge is -2.20. The van der Waals surface area contributed by atoms with Crippen molar-refractivity contribution in [3.05, 3.63) is 35.6 Å². The van der Waals surface area contributed by atoms with Crippen LogP contribution >= 0.6 is 0 Å². The van der Waals surface area contributed by atoms with E-state index in [0.717, 1.165) is 18.6 Å². The fraction of sp³-hybridized carbons (Fsp3) is 0.500. The van der Waals surface area contributed by atoms with E-state index in [2.05, 4.69) is 10.4 Å². The molecule has 5 nitrogen and oxygen atoms in total. The van der Waals surface area contributed by atoms with Crippen LogP contribution in [0.15, 0.2) is 29.3 Å². The van der Waals surface area contributed by atoms with Crippen LogP contribution in [0.3, 0.4) is 0 Å². The zero-order valence-corrected chi connectivity index (χ0v) is 12.1. The van der Waals surface area contributed by atoms with E-state index >= 15 is 0 Å². The van der Waals surface area contributed by atoms with Gasteiger partial charge in [-0.15, -0.1) is 0 Å². The van der Waals surface area contributed by atoms with Gasteiger partial charge in [0, 0.05) is 33.4 Å². The molecule has 1 aromatic carbocycles. The first-order chi connectivity index (χ1) is 9.67. The fourth-order valence-electron chi connectivity index (χ4n) is 1.71. The second-order valence-electron chi connectivity index (χ2n) is 4.38. The Morgan fingerprint density at radius 3 is 2.70 bits per heavy atom. The Bertz CT molecular complexity index is 408. The zero-order chi connectivity index (χ0) is 14.8. The van der Waals surface area contributed by atoms with Gasteiger partial charge in [0.05, 0.1) is 0 Å². The Kier molecular flexibility index (Phi) is 7.60. The number of halogens is 1. The monoisotopic (exact) mass is 282 g/mol. The number of nitrogens with two attached hydrogens (primary N) is 1. The van der Waals surface area contributed by atoms with Gasteiger partial charge in [-0.25, -0.2) is 10.2 Å². The molecule has 3 N–H and O–H groups in total. The summed E-state index contributed by atoms with van der Waals surface area (Å²) in [4.78, 5) is 6.26. The molecule has 20 heavy (non-hydrogen) atoms. The number of nitrogens with one attached hydrogen (secondary N) is 1. The Morgan fingerprint density at radius 1 is 1.40 bits per heavy atom. The van der Waals surface area contributed by atoms with Gasteiger partial charge in [-0.1, -0.05) is 12.1 Å². The molecular weight excluding hydrogens is 259 g/mol. The summed E-state index contributed by atoms with van der Waals surface area (Å²) in [5.74, 6) is 5.84. The van der Waals surface area contributed by atoms with Crippen LogP contribution < -0.4 is 11.3 Å². The number of ether oxygens (including phenoxy) is 1. The first-order valence-corrected chi connectivity index (χ1v) is 6.71. The molecule has 0 heterocycles. The van der Waals surface area contributed by atoms with Crippen molar-refractivity contribution >= 4 is 5.96 Å². The third-order valence-corrected chi connectivity index (χ3v) is 2.74. The van der Waals surface area contributed by atoms with Crippen LogP contribution in [0.1, 0.15) is 18.9 Å². The van der Waals surface area contributed by atoms with Gasteiger partial charge in [0.2, 0.25) is 5.96 Å². The predicted molar refractivity (Wildman–Crippen MR) is 78.6 cm³/mol. The van der Waals surface area contributed by atoms with Gasteiger partial charge in [0.25, 0.3) is 0 Å². The summed E-state index contributed by atoms with van der Waals surface area (Å²) in [6, 6.07) is 6.38. The first-order valence-electron chi connectivity index (χ1n) is 6.71. The van der Waals surface area contributed by atoms with E-state index in [1.807, 2.05) is 18.9 Å². The Balaban J connectivity index is 2.47. The fourth-order valence-corrected chi connectivity index (χ4v) is 1.71. The number of nitrogens with zero attached hydrogens (tertiary/aromatic N) is 2. The first kappa shape index (κ1) is 16.4. The Morgan fingerprint density at radius 2 is 2.10 bits per heavy atom. The lowest BCUT2D eigenvalue weighted by molar-refractivity contribution is 0.146. The highest BCUT2D eigenvalue weighted by Gasteiger charge is 2.05. The predicted octanol–water partition coefficient (Wildman–Crippen LogP) is 1.50. The van der Waals surface area contributed by atoms with Crippen LogP contribution in [0.2, 0.25) is 0 Å². The molecule has 0 unspecified atom stereocenters. The highest BCUT2D eigenvalue weighted by Crippen LogP contribution is 2.05. The van der Waals surface area contributed by atoms with Crippen LogP contribution in [0.5, 0.6) is 0 Å². The zero-order valence-electron chi connectivity index (χ0n) is 12.1. The van der Waals surface area contributed by atoms with Gasteiger partial charge < -0.3 is 9.64 Å². The topological polar surface area (TPSA) is 62.9 Å². The molecule has 112 valence electrons. The molecule has 0 radical (unpaired) electrons. The number of hydrogen-bond donors (Lipinski definition) is 2. The largest absolute Gasteiger partial charge is 0.382 e. The van der Waals surface area contributed by atoms with Crippen LogP contribution in [-0.2, 0) is 11.3 Å². The summed E-state index contributed by atoms with van der Waals surface area (Å²) in [6.45, 7) is 4.63. The van der Waals surface area contributed by atoms with Gasteiger partial charge in [-0.05, 0) is 31.0 Å². The SMILES string of the molecule is CCOCCCN=C(NN)N(C)Cc1ccc(F)cc1. The third-order valence-electron chi connectivity index (χ3n) is 2.74. The molecule has 0 aliphatic rings. The summed E-state index contributed by atoms with van der Waals surface area (Å²) in [5, 5.41) is 0. The summed E-state index contributed by atoms with van der Waals surface area (Å²) in [5.41, 5.74) is 3.58. The molecule has 0 fully saturated rings. The number of hydrazine groups is 1. The molecule has 0 aliphatic carbocycles. The normalized spacial score (nSPS) is 11.5. The third kappa shape index (κ3) is 5.99. The molecule has 0 aliphatic heterocycles. The van der Waals surface area contributed by atoms with Crippen molar-refractivity contribution in [3.63, 3.8) is 0 Å². The molecule has 0 saturated carbocycles.